The number of allylic oxidation sites excluding steroid dienone is 2. The number of likely N-dealkylation sites (N-methyl/N-ethyl adjacent to an activating group) is 1. The van der Waals surface area contributed by atoms with E-state index in [1.807, 2.05) is 13.0 Å². The van der Waals surface area contributed by atoms with Crippen LogP contribution in [0.2, 0.25) is 0 Å². The molecule has 0 bridgehead atoms. The summed E-state index contributed by atoms with van der Waals surface area (Å²) in [5.74, 6) is -0.362. The Bertz CT molecular complexity index is 295. The standard InChI is InChI=1S/C10H18N2O.C2H5NO.C2H4/c1-4-9(5-2)6-7-12(3)10(13)8-11;1-2(3)4;1-2/h4-5H,1,6-8,11H2,2-3H3;1H3,(H2,3,4);1-2H2/b9-5+;;. The lowest BCUT2D eigenvalue weighted by Gasteiger charge is -2.15. The normalized spacial score (nSPS) is 9.16. The molecule has 0 spiro atoms. The Morgan fingerprint density at radius 1 is 1.32 bits per heavy atom. The van der Waals surface area contributed by atoms with Crippen LogP contribution in [0.4, 0.5) is 0 Å². The van der Waals surface area contributed by atoms with Gasteiger partial charge < -0.3 is 16.4 Å². The fraction of sp³-hybridized carbons (Fsp3) is 0.429. The van der Waals surface area contributed by atoms with Gasteiger partial charge in [-0.25, -0.2) is 0 Å². The average molecular weight is 269 g/mol. The first-order chi connectivity index (χ1) is 8.88. The van der Waals surface area contributed by atoms with E-state index in [0.717, 1.165) is 12.0 Å². The molecule has 0 aromatic heterocycles. The van der Waals surface area contributed by atoms with E-state index >= 15 is 0 Å². The predicted octanol–water partition coefficient (Wildman–Crippen LogP) is 1.22. The molecule has 0 atom stereocenters. The van der Waals surface area contributed by atoms with Gasteiger partial charge in [-0.1, -0.05) is 24.3 Å². The van der Waals surface area contributed by atoms with Crippen LogP contribution >= 0.6 is 0 Å². The van der Waals surface area contributed by atoms with Crippen LogP contribution in [0.25, 0.3) is 0 Å². The summed E-state index contributed by atoms with van der Waals surface area (Å²) in [6.45, 7) is 13.7. The van der Waals surface area contributed by atoms with Crippen LogP contribution in [0.1, 0.15) is 20.3 Å². The number of nitrogens with two attached hydrogens (primary N) is 2. The molecule has 0 fully saturated rings. The molecule has 4 N–H and O–H groups in total. The van der Waals surface area contributed by atoms with E-state index in [-0.39, 0.29) is 18.4 Å². The summed E-state index contributed by atoms with van der Waals surface area (Å²) in [5.41, 5.74) is 10.8. The Morgan fingerprint density at radius 2 is 1.74 bits per heavy atom. The van der Waals surface area contributed by atoms with Crippen molar-refractivity contribution in [3.05, 3.63) is 37.5 Å². The summed E-state index contributed by atoms with van der Waals surface area (Å²) in [4.78, 5) is 21.9. The molecule has 0 saturated carbocycles. The predicted molar refractivity (Wildman–Crippen MR) is 81.4 cm³/mol. The van der Waals surface area contributed by atoms with Crippen LogP contribution in [0.15, 0.2) is 37.5 Å². The van der Waals surface area contributed by atoms with Gasteiger partial charge in [0.25, 0.3) is 0 Å². The van der Waals surface area contributed by atoms with Crippen molar-refractivity contribution in [2.75, 3.05) is 20.1 Å². The number of carbonyl (C=O) groups is 2. The molecule has 0 aromatic carbocycles. The second-order valence-electron chi connectivity index (χ2n) is 3.45. The van der Waals surface area contributed by atoms with E-state index in [9.17, 15) is 9.59 Å². The Morgan fingerprint density at radius 3 is 2.00 bits per heavy atom. The zero-order chi connectivity index (χ0) is 15.8. The molecule has 0 unspecified atom stereocenters. The minimum absolute atomic E-state index is 0.0282. The Hall–Kier alpha value is -1.88. The van der Waals surface area contributed by atoms with Gasteiger partial charge in [-0.3, -0.25) is 9.59 Å². The van der Waals surface area contributed by atoms with Gasteiger partial charge in [-0.05, 0) is 13.3 Å². The fourth-order valence-corrected chi connectivity index (χ4v) is 0.942. The molecular weight excluding hydrogens is 242 g/mol. The van der Waals surface area contributed by atoms with Gasteiger partial charge in [0.05, 0.1) is 6.54 Å². The van der Waals surface area contributed by atoms with Crippen LogP contribution in [0.3, 0.4) is 0 Å². The third kappa shape index (κ3) is 18.7. The monoisotopic (exact) mass is 269 g/mol. The fourth-order valence-electron chi connectivity index (χ4n) is 0.942. The molecule has 5 nitrogen and oxygen atoms in total. The number of primary amides is 1. The molecular formula is C14H27N3O2. The Kier molecular flexibility index (Phi) is 18.9. The molecule has 5 heteroatoms. The summed E-state index contributed by atoms with van der Waals surface area (Å²) >= 11 is 0. The zero-order valence-electron chi connectivity index (χ0n) is 12.3. The van der Waals surface area contributed by atoms with Gasteiger partial charge in [-0.2, -0.15) is 0 Å². The van der Waals surface area contributed by atoms with Crippen molar-refractivity contribution >= 4 is 11.8 Å². The van der Waals surface area contributed by atoms with E-state index < -0.39 is 0 Å². The minimum atomic E-state index is -0.333. The zero-order valence-corrected chi connectivity index (χ0v) is 12.3. The van der Waals surface area contributed by atoms with Crippen molar-refractivity contribution in [2.45, 2.75) is 20.3 Å². The second kappa shape index (κ2) is 16.1. The second-order valence-corrected chi connectivity index (χ2v) is 3.45. The molecule has 0 aliphatic rings. The summed E-state index contributed by atoms with van der Waals surface area (Å²) < 4.78 is 0. The summed E-state index contributed by atoms with van der Waals surface area (Å²) in [7, 11) is 1.76. The lowest BCUT2D eigenvalue weighted by Crippen LogP contribution is -2.33. The van der Waals surface area contributed by atoms with Crippen molar-refractivity contribution in [2.24, 2.45) is 11.5 Å². The van der Waals surface area contributed by atoms with Crippen molar-refractivity contribution in [1.29, 1.82) is 0 Å². The molecule has 0 radical (unpaired) electrons. The molecule has 0 aliphatic heterocycles. The molecule has 0 rings (SSSR count). The van der Waals surface area contributed by atoms with Crippen LogP contribution in [0, 0.1) is 0 Å². The van der Waals surface area contributed by atoms with Gasteiger partial charge >= 0.3 is 0 Å². The molecule has 0 aromatic rings. The van der Waals surface area contributed by atoms with E-state index in [1.165, 1.54) is 6.92 Å². The first kappa shape index (κ1) is 22.3. The largest absolute Gasteiger partial charge is 0.370 e. The van der Waals surface area contributed by atoms with Crippen LogP contribution in [-0.4, -0.2) is 36.9 Å². The third-order valence-corrected chi connectivity index (χ3v) is 1.97. The highest BCUT2D eigenvalue weighted by molar-refractivity contribution is 5.77. The van der Waals surface area contributed by atoms with Gasteiger partial charge in [-0.15, -0.1) is 13.2 Å². The van der Waals surface area contributed by atoms with Gasteiger partial charge in [0.2, 0.25) is 11.8 Å². The number of nitrogens with zero attached hydrogens (tertiary/aromatic N) is 1. The SMILES string of the molecule is C=C.C=C/C(=C\C)CCN(C)C(=O)CN.CC(N)=O. The first-order valence-electron chi connectivity index (χ1n) is 5.86. The number of carbonyl (C=O) groups excluding carboxylic acids is 2. The minimum Gasteiger partial charge on any atom is -0.370 e. The summed E-state index contributed by atoms with van der Waals surface area (Å²) in [5, 5.41) is 0. The van der Waals surface area contributed by atoms with E-state index in [4.69, 9.17) is 5.73 Å². The Labute approximate surface area is 116 Å². The molecule has 0 aliphatic carbocycles. The van der Waals surface area contributed by atoms with Crippen LogP contribution < -0.4 is 11.5 Å². The van der Waals surface area contributed by atoms with Crippen LogP contribution in [-0.2, 0) is 9.59 Å². The third-order valence-electron chi connectivity index (χ3n) is 1.97. The highest BCUT2D eigenvalue weighted by atomic mass is 16.2. The van der Waals surface area contributed by atoms with Crippen LogP contribution in [0.5, 0.6) is 0 Å². The first-order valence-corrected chi connectivity index (χ1v) is 5.86. The molecule has 0 saturated heterocycles. The van der Waals surface area contributed by atoms with Crippen molar-refractivity contribution < 1.29 is 9.59 Å². The maximum absolute atomic E-state index is 11.1. The van der Waals surface area contributed by atoms with Gasteiger partial charge in [0, 0.05) is 20.5 Å². The molecule has 19 heavy (non-hydrogen) atoms. The number of rotatable bonds is 5. The van der Waals surface area contributed by atoms with E-state index in [1.54, 1.807) is 18.0 Å². The lowest BCUT2D eigenvalue weighted by molar-refractivity contribution is -0.128. The highest BCUT2D eigenvalue weighted by Crippen LogP contribution is 2.02. The number of hydrogen-bond acceptors (Lipinski definition) is 3. The lowest BCUT2D eigenvalue weighted by atomic mass is 10.2. The Balaban J connectivity index is -0.000000361. The topological polar surface area (TPSA) is 89.4 Å². The van der Waals surface area contributed by atoms with Crippen molar-refractivity contribution in [3.63, 3.8) is 0 Å². The summed E-state index contributed by atoms with van der Waals surface area (Å²) in [6, 6.07) is 0. The van der Waals surface area contributed by atoms with E-state index in [0.29, 0.717) is 6.54 Å². The van der Waals surface area contributed by atoms with E-state index in [2.05, 4.69) is 25.5 Å². The van der Waals surface area contributed by atoms with Gasteiger partial charge in [0.1, 0.15) is 0 Å². The quantitative estimate of drug-likeness (QED) is 0.581. The highest BCUT2D eigenvalue weighted by Gasteiger charge is 2.04. The van der Waals surface area contributed by atoms with Crippen molar-refractivity contribution in [3.8, 4) is 0 Å². The van der Waals surface area contributed by atoms with Gasteiger partial charge in [0.15, 0.2) is 0 Å². The maximum Gasteiger partial charge on any atom is 0.236 e. The number of hydrogen-bond donors (Lipinski definition) is 2. The summed E-state index contributed by atoms with van der Waals surface area (Å²) in [6.07, 6.45) is 4.64. The average Bonchev–Trinajstić information content (AvgIpc) is 2.40. The number of amides is 2. The molecule has 110 valence electrons. The smallest absolute Gasteiger partial charge is 0.236 e. The molecule has 0 heterocycles. The molecule has 2 amide bonds. The van der Waals surface area contributed by atoms with Crippen molar-refractivity contribution in [1.82, 2.24) is 4.90 Å². The maximum atomic E-state index is 11.1.